The molecular weight excluding hydrogens is 328 g/mol. The average molecular weight is 348 g/mol. The topological polar surface area (TPSA) is 67.3 Å². The van der Waals surface area contributed by atoms with Crippen molar-refractivity contribution < 1.29 is 9.53 Å². The maximum absolute atomic E-state index is 11.9. The molecule has 1 aromatic heterocycles. The zero-order chi connectivity index (χ0) is 18.4. The van der Waals surface area contributed by atoms with Crippen molar-refractivity contribution in [2.75, 3.05) is 24.4 Å². The number of aromatic nitrogens is 2. The maximum atomic E-state index is 11.9. The number of nitrogens with one attached hydrogen (secondary N) is 1. The van der Waals surface area contributed by atoms with Crippen LogP contribution in [0.2, 0.25) is 0 Å². The number of ether oxygens (including phenoxy) is 1. The smallest absolute Gasteiger partial charge is 0.339 e. The Hall–Kier alpha value is -3.41. The first-order valence-corrected chi connectivity index (χ1v) is 8.19. The first kappa shape index (κ1) is 17.4. The number of benzene rings is 2. The number of hydrogen-bond acceptors (Lipinski definition) is 6. The molecule has 0 aliphatic carbocycles. The number of esters is 1. The summed E-state index contributed by atoms with van der Waals surface area (Å²) in [6.45, 7) is 0.732. The van der Waals surface area contributed by atoms with Gasteiger partial charge in [0.15, 0.2) is 0 Å². The van der Waals surface area contributed by atoms with Gasteiger partial charge in [0.25, 0.3) is 0 Å². The van der Waals surface area contributed by atoms with Crippen molar-refractivity contribution in [1.29, 1.82) is 0 Å². The van der Waals surface area contributed by atoms with Gasteiger partial charge in [-0.25, -0.2) is 14.8 Å². The van der Waals surface area contributed by atoms with Gasteiger partial charge in [-0.3, -0.25) is 0 Å². The molecule has 0 atom stereocenters. The summed E-state index contributed by atoms with van der Waals surface area (Å²) in [7, 11) is 3.34. The van der Waals surface area contributed by atoms with Crippen molar-refractivity contribution in [3.63, 3.8) is 0 Å². The zero-order valence-corrected chi connectivity index (χ0v) is 14.7. The molecule has 0 aliphatic heterocycles. The third-order valence-corrected chi connectivity index (χ3v) is 3.90. The van der Waals surface area contributed by atoms with E-state index in [0.29, 0.717) is 17.1 Å². The summed E-state index contributed by atoms with van der Waals surface area (Å²) in [5.74, 6) is 0.983. The molecule has 26 heavy (non-hydrogen) atoms. The lowest BCUT2D eigenvalue weighted by molar-refractivity contribution is 0.0602. The fourth-order valence-corrected chi connectivity index (χ4v) is 2.58. The summed E-state index contributed by atoms with van der Waals surface area (Å²) in [5, 5.41) is 3.17. The molecule has 0 saturated carbocycles. The lowest BCUT2D eigenvalue weighted by Crippen LogP contribution is -2.18. The second kappa shape index (κ2) is 8.11. The van der Waals surface area contributed by atoms with Crippen LogP contribution in [0.3, 0.4) is 0 Å². The predicted molar refractivity (Wildman–Crippen MR) is 102 cm³/mol. The van der Waals surface area contributed by atoms with Crippen LogP contribution in [0.15, 0.2) is 67.0 Å². The number of para-hydroxylation sites is 1. The second-order valence-electron chi connectivity index (χ2n) is 5.77. The highest BCUT2D eigenvalue weighted by atomic mass is 16.5. The fraction of sp³-hybridized carbons (Fsp3) is 0.150. The number of hydrogen-bond donors (Lipinski definition) is 1. The van der Waals surface area contributed by atoms with E-state index in [-0.39, 0.29) is 0 Å². The number of carbonyl (C=O) groups is 1. The highest BCUT2D eigenvalue weighted by Gasteiger charge is 2.12. The van der Waals surface area contributed by atoms with E-state index in [0.717, 1.165) is 12.4 Å². The molecule has 0 bridgehead atoms. The molecule has 6 heteroatoms. The standard InChI is InChI=1S/C20H20N4O2/c1-24(13-15-8-4-3-5-9-15)19-12-18(21-14-22-19)23-17-11-7-6-10-16(17)20(25)26-2/h3-12,14H,13H2,1-2H3,(H,21,22,23). The molecule has 2 aromatic carbocycles. The van der Waals surface area contributed by atoms with Crippen molar-refractivity contribution in [3.8, 4) is 0 Å². The van der Waals surface area contributed by atoms with Crippen LogP contribution in [-0.2, 0) is 11.3 Å². The molecule has 132 valence electrons. The molecule has 0 saturated heterocycles. The Morgan fingerprint density at radius 2 is 1.81 bits per heavy atom. The van der Waals surface area contributed by atoms with Crippen LogP contribution in [0.1, 0.15) is 15.9 Å². The van der Waals surface area contributed by atoms with Crippen molar-refractivity contribution >= 4 is 23.3 Å². The van der Waals surface area contributed by atoms with E-state index in [2.05, 4.69) is 27.4 Å². The minimum absolute atomic E-state index is 0.399. The van der Waals surface area contributed by atoms with E-state index in [1.54, 1.807) is 12.1 Å². The van der Waals surface area contributed by atoms with Gasteiger partial charge >= 0.3 is 5.97 Å². The Kier molecular flexibility index (Phi) is 5.43. The molecule has 6 nitrogen and oxygen atoms in total. The second-order valence-corrected chi connectivity index (χ2v) is 5.77. The average Bonchev–Trinajstić information content (AvgIpc) is 2.69. The number of carbonyl (C=O) groups excluding carboxylic acids is 1. The van der Waals surface area contributed by atoms with Crippen LogP contribution < -0.4 is 10.2 Å². The van der Waals surface area contributed by atoms with E-state index in [1.807, 2.05) is 48.3 Å². The summed E-state index contributed by atoms with van der Waals surface area (Å²) < 4.78 is 4.82. The normalized spacial score (nSPS) is 10.2. The summed E-state index contributed by atoms with van der Waals surface area (Å²) in [5.41, 5.74) is 2.28. The molecule has 3 rings (SSSR count). The lowest BCUT2D eigenvalue weighted by Gasteiger charge is -2.19. The third-order valence-electron chi connectivity index (χ3n) is 3.90. The van der Waals surface area contributed by atoms with E-state index >= 15 is 0 Å². The van der Waals surface area contributed by atoms with E-state index in [9.17, 15) is 4.79 Å². The Labute approximate surface area is 152 Å². The first-order chi connectivity index (χ1) is 12.7. The van der Waals surface area contributed by atoms with Crippen LogP contribution in [0.5, 0.6) is 0 Å². The molecule has 0 aliphatic rings. The minimum Gasteiger partial charge on any atom is -0.465 e. The van der Waals surface area contributed by atoms with Gasteiger partial charge in [0.2, 0.25) is 0 Å². The molecule has 0 spiro atoms. The number of nitrogens with zero attached hydrogens (tertiary/aromatic N) is 3. The summed E-state index contributed by atoms with van der Waals surface area (Å²) in [6, 6.07) is 19.2. The van der Waals surface area contributed by atoms with Crippen LogP contribution in [0.25, 0.3) is 0 Å². The fourth-order valence-electron chi connectivity index (χ4n) is 2.58. The number of methoxy groups -OCH3 is 1. The van der Waals surface area contributed by atoms with Gasteiger partial charge in [-0.05, 0) is 17.7 Å². The Morgan fingerprint density at radius 1 is 1.08 bits per heavy atom. The highest BCUT2D eigenvalue weighted by molar-refractivity contribution is 5.96. The molecule has 3 aromatic rings. The SMILES string of the molecule is COC(=O)c1ccccc1Nc1cc(N(C)Cc2ccccc2)ncn1. The van der Waals surface area contributed by atoms with Crippen molar-refractivity contribution in [2.45, 2.75) is 6.54 Å². The maximum Gasteiger partial charge on any atom is 0.339 e. The minimum atomic E-state index is -0.399. The largest absolute Gasteiger partial charge is 0.465 e. The summed E-state index contributed by atoms with van der Waals surface area (Å²) in [6.07, 6.45) is 1.50. The monoisotopic (exact) mass is 348 g/mol. The molecule has 1 heterocycles. The molecular formula is C20H20N4O2. The quantitative estimate of drug-likeness (QED) is 0.686. The Balaban J connectivity index is 1.79. The number of rotatable bonds is 6. The molecule has 0 unspecified atom stereocenters. The third kappa shape index (κ3) is 4.16. The van der Waals surface area contributed by atoms with Crippen LogP contribution in [-0.4, -0.2) is 30.1 Å². The zero-order valence-electron chi connectivity index (χ0n) is 14.7. The van der Waals surface area contributed by atoms with Gasteiger partial charge in [0, 0.05) is 19.7 Å². The van der Waals surface area contributed by atoms with Gasteiger partial charge in [-0.15, -0.1) is 0 Å². The summed E-state index contributed by atoms with van der Waals surface area (Å²) >= 11 is 0. The van der Waals surface area contributed by atoms with Crippen molar-refractivity contribution in [2.24, 2.45) is 0 Å². The first-order valence-electron chi connectivity index (χ1n) is 8.19. The van der Waals surface area contributed by atoms with E-state index in [4.69, 9.17) is 4.74 Å². The van der Waals surface area contributed by atoms with E-state index < -0.39 is 5.97 Å². The highest BCUT2D eigenvalue weighted by Crippen LogP contribution is 2.22. The molecule has 1 N–H and O–H groups in total. The lowest BCUT2D eigenvalue weighted by atomic mass is 10.2. The predicted octanol–water partition coefficient (Wildman–Crippen LogP) is 3.64. The van der Waals surface area contributed by atoms with Crippen LogP contribution >= 0.6 is 0 Å². The molecule has 0 fully saturated rings. The Bertz CT molecular complexity index is 884. The number of anilines is 3. The van der Waals surface area contributed by atoms with Crippen molar-refractivity contribution in [1.82, 2.24) is 9.97 Å². The van der Waals surface area contributed by atoms with Crippen LogP contribution in [0.4, 0.5) is 17.3 Å². The molecule has 0 radical (unpaired) electrons. The van der Waals surface area contributed by atoms with Crippen LogP contribution in [0, 0.1) is 0 Å². The van der Waals surface area contributed by atoms with Gasteiger partial charge in [-0.1, -0.05) is 42.5 Å². The van der Waals surface area contributed by atoms with Gasteiger partial charge in [-0.2, -0.15) is 0 Å². The van der Waals surface area contributed by atoms with Crippen molar-refractivity contribution in [3.05, 3.63) is 78.1 Å². The molecule has 0 amide bonds. The van der Waals surface area contributed by atoms with E-state index in [1.165, 1.54) is 19.0 Å². The Morgan fingerprint density at radius 3 is 2.58 bits per heavy atom. The van der Waals surface area contributed by atoms with Gasteiger partial charge in [0.1, 0.15) is 18.0 Å². The van der Waals surface area contributed by atoms with Gasteiger partial charge in [0.05, 0.1) is 18.4 Å². The summed E-state index contributed by atoms with van der Waals surface area (Å²) in [4.78, 5) is 22.5. The van der Waals surface area contributed by atoms with Gasteiger partial charge < -0.3 is 15.0 Å².